The van der Waals surface area contributed by atoms with Crippen molar-refractivity contribution in [2.45, 2.75) is 25.3 Å². The highest BCUT2D eigenvalue weighted by Crippen LogP contribution is 2.27. The molecule has 1 aliphatic rings. The average Bonchev–Trinajstić information content (AvgIpc) is 3.23. The third kappa shape index (κ3) is 3.82. The highest BCUT2D eigenvalue weighted by Gasteiger charge is 2.28. The summed E-state index contributed by atoms with van der Waals surface area (Å²) in [7, 11) is 4.16. The smallest absolute Gasteiger partial charge is 0.254 e. The van der Waals surface area contributed by atoms with E-state index in [1.54, 1.807) is 11.3 Å². The summed E-state index contributed by atoms with van der Waals surface area (Å²) >= 11 is 1.57. The van der Waals surface area contributed by atoms with Crippen LogP contribution in [0.2, 0.25) is 0 Å². The van der Waals surface area contributed by atoms with Gasteiger partial charge in [0, 0.05) is 49.9 Å². The number of likely N-dealkylation sites (N-methyl/N-ethyl adjacent to an activating group) is 1. The first-order valence-corrected chi connectivity index (χ1v) is 9.06. The van der Waals surface area contributed by atoms with Gasteiger partial charge in [-0.1, -0.05) is 0 Å². The van der Waals surface area contributed by atoms with Gasteiger partial charge in [0.15, 0.2) is 0 Å². The number of piperidine rings is 1. The third-order valence-electron chi connectivity index (χ3n) is 4.38. The predicted octanol–water partition coefficient (Wildman–Crippen LogP) is 2.53. The first-order chi connectivity index (χ1) is 11.1. The lowest BCUT2D eigenvalue weighted by Gasteiger charge is -2.32. The monoisotopic (exact) mass is 332 g/mol. The number of amides is 1. The van der Waals surface area contributed by atoms with Gasteiger partial charge in [-0.3, -0.25) is 4.79 Å². The number of rotatable bonds is 5. The molecule has 6 heteroatoms. The van der Waals surface area contributed by atoms with Crippen LogP contribution < -0.4 is 0 Å². The zero-order chi connectivity index (χ0) is 16.2. The summed E-state index contributed by atoms with van der Waals surface area (Å²) in [5.41, 5.74) is 0.812. The Labute approximate surface area is 141 Å². The molecule has 0 aliphatic carbocycles. The van der Waals surface area contributed by atoms with Crippen LogP contribution >= 0.6 is 11.3 Å². The van der Waals surface area contributed by atoms with Crippen LogP contribution in [0.5, 0.6) is 0 Å². The fraction of sp³-hybridized carbons (Fsp3) is 0.529. The Bertz CT molecular complexity index is 635. The van der Waals surface area contributed by atoms with Crippen molar-refractivity contribution in [2.75, 3.05) is 33.7 Å². The Morgan fingerprint density at radius 2 is 2.35 bits per heavy atom. The van der Waals surface area contributed by atoms with Crippen LogP contribution in [0.3, 0.4) is 0 Å². The SMILES string of the molecule is CN(C)CCn1ccnc1C1CCCN(C(=O)c2ccsc2)C1. The predicted molar refractivity (Wildman–Crippen MR) is 93.0 cm³/mol. The molecule has 3 rings (SSSR count). The first-order valence-electron chi connectivity index (χ1n) is 8.12. The summed E-state index contributed by atoms with van der Waals surface area (Å²) in [5.74, 6) is 1.61. The van der Waals surface area contributed by atoms with Crippen molar-refractivity contribution in [1.82, 2.24) is 19.4 Å². The van der Waals surface area contributed by atoms with Crippen molar-refractivity contribution in [3.8, 4) is 0 Å². The van der Waals surface area contributed by atoms with E-state index in [0.717, 1.165) is 50.4 Å². The van der Waals surface area contributed by atoms with E-state index in [1.165, 1.54) is 0 Å². The van der Waals surface area contributed by atoms with Gasteiger partial charge >= 0.3 is 0 Å². The van der Waals surface area contributed by atoms with E-state index in [0.29, 0.717) is 5.92 Å². The van der Waals surface area contributed by atoms with Crippen LogP contribution in [-0.2, 0) is 6.54 Å². The molecule has 5 nitrogen and oxygen atoms in total. The van der Waals surface area contributed by atoms with E-state index < -0.39 is 0 Å². The van der Waals surface area contributed by atoms with E-state index in [2.05, 4.69) is 34.7 Å². The van der Waals surface area contributed by atoms with Gasteiger partial charge in [-0.05, 0) is 38.4 Å². The van der Waals surface area contributed by atoms with E-state index in [1.807, 2.05) is 27.9 Å². The highest BCUT2D eigenvalue weighted by atomic mass is 32.1. The number of carbonyl (C=O) groups excluding carboxylic acids is 1. The molecule has 1 unspecified atom stereocenters. The minimum atomic E-state index is 0.155. The van der Waals surface area contributed by atoms with Crippen molar-refractivity contribution < 1.29 is 4.79 Å². The molecule has 0 radical (unpaired) electrons. The Morgan fingerprint density at radius 3 is 3.09 bits per heavy atom. The van der Waals surface area contributed by atoms with Gasteiger partial charge in [0.25, 0.3) is 5.91 Å². The Hall–Kier alpha value is -1.66. The number of thiophene rings is 1. The van der Waals surface area contributed by atoms with Crippen molar-refractivity contribution in [1.29, 1.82) is 0 Å². The molecule has 1 saturated heterocycles. The molecule has 1 atom stereocenters. The van der Waals surface area contributed by atoms with E-state index in [9.17, 15) is 4.79 Å². The van der Waals surface area contributed by atoms with Gasteiger partial charge in [0.05, 0.1) is 5.56 Å². The summed E-state index contributed by atoms with van der Waals surface area (Å²) in [5, 5.41) is 3.90. The molecule has 2 aromatic rings. The molecule has 0 saturated carbocycles. The van der Waals surface area contributed by atoms with Crippen molar-refractivity contribution in [3.05, 3.63) is 40.6 Å². The molecule has 0 bridgehead atoms. The quantitative estimate of drug-likeness (QED) is 0.845. The molecule has 1 aliphatic heterocycles. The average molecular weight is 332 g/mol. The maximum atomic E-state index is 12.6. The van der Waals surface area contributed by atoms with Crippen molar-refractivity contribution in [2.24, 2.45) is 0 Å². The second kappa shape index (κ2) is 7.27. The van der Waals surface area contributed by atoms with Crippen molar-refractivity contribution in [3.63, 3.8) is 0 Å². The standard InChI is InChI=1S/C17H24N4OS/c1-19(2)9-10-20-8-6-18-16(20)14-4-3-7-21(12-14)17(22)15-5-11-23-13-15/h5-6,8,11,13-14H,3-4,7,9-10,12H2,1-2H3. The van der Waals surface area contributed by atoms with Crippen molar-refractivity contribution >= 4 is 17.2 Å². The highest BCUT2D eigenvalue weighted by molar-refractivity contribution is 7.08. The lowest BCUT2D eigenvalue weighted by atomic mass is 9.96. The Kier molecular flexibility index (Phi) is 5.13. The molecule has 23 heavy (non-hydrogen) atoms. The number of carbonyl (C=O) groups is 1. The molecule has 1 fully saturated rings. The van der Waals surface area contributed by atoms with Crippen LogP contribution in [0.25, 0.3) is 0 Å². The Balaban J connectivity index is 1.69. The van der Waals surface area contributed by atoms with Crippen LogP contribution in [0.15, 0.2) is 29.2 Å². The fourth-order valence-corrected chi connectivity index (χ4v) is 3.75. The molecule has 3 heterocycles. The summed E-state index contributed by atoms with van der Waals surface area (Å²) < 4.78 is 2.24. The summed E-state index contributed by atoms with van der Waals surface area (Å²) in [6, 6.07) is 1.91. The maximum absolute atomic E-state index is 12.6. The second-order valence-electron chi connectivity index (χ2n) is 6.38. The van der Waals surface area contributed by atoms with Gasteiger partial charge in [0.2, 0.25) is 0 Å². The summed E-state index contributed by atoms with van der Waals surface area (Å²) in [4.78, 5) is 21.3. The summed E-state index contributed by atoms with van der Waals surface area (Å²) in [6.45, 7) is 3.56. The van der Waals surface area contributed by atoms with Gasteiger partial charge in [-0.2, -0.15) is 11.3 Å². The van der Waals surface area contributed by atoms with Crippen LogP contribution in [-0.4, -0.2) is 59.0 Å². The minimum Gasteiger partial charge on any atom is -0.338 e. The first kappa shape index (κ1) is 16.2. The van der Waals surface area contributed by atoms with Gasteiger partial charge in [-0.15, -0.1) is 0 Å². The van der Waals surface area contributed by atoms with Gasteiger partial charge in [-0.25, -0.2) is 4.98 Å². The number of hydrogen-bond acceptors (Lipinski definition) is 4. The lowest BCUT2D eigenvalue weighted by Crippen LogP contribution is -2.39. The third-order valence-corrected chi connectivity index (χ3v) is 5.06. The molecule has 0 aromatic carbocycles. The van der Waals surface area contributed by atoms with E-state index in [-0.39, 0.29) is 5.91 Å². The molecule has 1 amide bonds. The molecule has 2 aromatic heterocycles. The van der Waals surface area contributed by atoms with Gasteiger partial charge < -0.3 is 14.4 Å². The van der Waals surface area contributed by atoms with E-state index in [4.69, 9.17) is 0 Å². The zero-order valence-electron chi connectivity index (χ0n) is 13.8. The minimum absolute atomic E-state index is 0.155. The Morgan fingerprint density at radius 1 is 1.48 bits per heavy atom. The van der Waals surface area contributed by atoms with Gasteiger partial charge in [0.1, 0.15) is 5.82 Å². The summed E-state index contributed by atoms with van der Waals surface area (Å²) in [6.07, 6.45) is 6.08. The topological polar surface area (TPSA) is 41.4 Å². The molecule has 0 spiro atoms. The molecule has 0 N–H and O–H groups in total. The van der Waals surface area contributed by atoms with E-state index >= 15 is 0 Å². The number of imidazole rings is 1. The number of nitrogens with zero attached hydrogens (tertiary/aromatic N) is 4. The van der Waals surface area contributed by atoms with Crippen LogP contribution in [0.4, 0.5) is 0 Å². The maximum Gasteiger partial charge on any atom is 0.254 e. The second-order valence-corrected chi connectivity index (χ2v) is 7.16. The number of aromatic nitrogens is 2. The molecular formula is C17H24N4OS. The van der Waals surface area contributed by atoms with Crippen LogP contribution in [0.1, 0.15) is 34.9 Å². The largest absolute Gasteiger partial charge is 0.338 e. The van der Waals surface area contributed by atoms with Crippen LogP contribution in [0, 0.1) is 0 Å². The number of likely N-dealkylation sites (tertiary alicyclic amines) is 1. The zero-order valence-corrected chi connectivity index (χ0v) is 14.6. The number of hydrogen-bond donors (Lipinski definition) is 0. The normalized spacial score (nSPS) is 18.6. The molecule has 124 valence electrons. The lowest BCUT2D eigenvalue weighted by molar-refractivity contribution is 0.0703. The fourth-order valence-electron chi connectivity index (χ4n) is 3.12. The molecular weight excluding hydrogens is 308 g/mol.